The van der Waals surface area contributed by atoms with Gasteiger partial charge in [-0.15, -0.1) is 0 Å². The third kappa shape index (κ3) is 3.61. The molecule has 108 valence electrons. The first-order chi connectivity index (χ1) is 9.74. The number of hydrogen-bond donors (Lipinski definition) is 1. The molecule has 0 bridgehead atoms. The predicted molar refractivity (Wildman–Crippen MR) is 82.5 cm³/mol. The number of para-hydroxylation sites is 1. The summed E-state index contributed by atoms with van der Waals surface area (Å²) >= 11 is 0. The number of aromatic amines is 1. The Labute approximate surface area is 119 Å². The Kier molecular flexibility index (Phi) is 5.18. The van der Waals surface area contributed by atoms with E-state index in [2.05, 4.69) is 23.7 Å². The van der Waals surface area contributed by atoms with E-state index in [1.54, 1.807) is 0 Å². The van der Waals surface area contributed by atoms with Crippen molar-refractivity contribution < 1.29 is 4.74 Å². The predicted octanol–water partition coefficient (Wildman–Crippen LogP) is 2.64. The molecule has 0 amide bonds. The molecule has 0 saturated heterocycles. The number of benzene rings is 1. The van der Waals surface area contributed by atoms with Gasteiger partial charge in [0.25, 0.3) is 5.56 Å². The highest BCUT2D eigenvalue weighted by atomic mass is 16.5. The molecular formula is C16H22N2O2. The first kappa shape index (κ1) is 14.6. The van der Waals surface area contributed by atoms with Crippen LogP contribution in [0, 0.1) is 0 Å². The Morgan fingerprint density at radius 2 is 1.95 bits per heavy atom. The van der Waals surface area contributed by atoms with Crippen LogP contribution in [0.25, 0.3) is 10.9 Å². The van der Waals surface area contributed by atoms with E-state index in [9.17, 15) is 4.79 Å². The summed E-state index contributed by atoms with van der Waals surface area (Å²) in [6.45, 7) is 8.09. The van der Waals surface area contributed by atoms with Crippen LogP contribution in [0.2, 0.25) is 0 Å². The molecule has 0 aliphatic carbocycles. The zero-order valence-corrected chi connectivity index (χ0v) is 12.2. The van der Waals surface area contributed by atoms with Gasteiger partial charge < -0.3 is 14.6 Å². The van der Waals surface area contributed by atoms with E-state index in [1.165, 1.54) is 6.07 Å². The molecule has 0 unspecified atom stereocenters. The highest BCUT2D eigenvalue weighted by molar-refractivity contribution is 5.84. The van der Waals surface area contributed by atoms with E-state index in [-0.39, 0.29) is 5.56 Å². The number of hydrogen-bond acceptors (Lipinski definition) is 3. The van der Waals surface area contributed by atoms with Crippen molar-refractivity contribution in [1.29, 1.82) is 0 Å². The molecule has 1 heterocycles. The third-order valence-electron chi connectivity index (χ3n) is 3.48. The van der Waals surface area contributed by atoms with E-state index in [4.69, 9.17) is 4.74 Å². The normalized spacial score (nSPS) is 11.2. The van der Waals surface area contributed by atoms with Gasteiger partial charge in [0.05, 0.1) is 12.1 Å². The summed E-state index contributed by atoms with van der Waals surface area (Å²) in [5.41, 5.74) is 0.696. The average molecular weight is 274 g/mol. The second-order valence-electron chi connectivity index (χ2n) is 4.77. The van der Waals surface area contributed by atoms with Gasteiger partial charge in [-0.2, -0.15) is 0 Å². The number of nitrogens with one attached hydrogen (secondary N) is 1. The van der Waals surface area contributed by atoms with Crippen LogP contribution in [-0.4, -0.2) is 36.1 Å². The van der Waals surface area contributed by atoms with Crippen LogP contribution in [0.15, 0.2) is 35.1 Å². The largest absolute Gasteiger partial charge is 0.493 e. The fourth-order valence-corrected chi connectivity index (χ4v) is 2.30. The lowest BCUT2D eigenvalue weighted by molar-refractivity contribution is 0.250. The summed E-state index contributed by atoms with van der Waals surface area (Å²) in [7, 11) is 0. The molecule has 2 aromatic rings. The Bertz CT molecular complexity index is 603. The minimum Gasteiger partial charge on any atom is -0.493 e. The molecule has 0 radical (unpaired) electrons. The quantitative estimate of drug-likeness (QED) is 0.789. The fourth-order valence-electron chi connectivity index (χ4n) is 2.30. The molecule has 1 aromatic heterocycles. The summed E-state index contributed by atoms with van der Waals surface area (Å²) in [5, 5.41) is 0.954. The van der Waals surface area contributed by atoms with Crippen molar-refractivity contribution in [2.24, 2.45) is 0 Å². The van der Waals surface area contributed by atoms with Crippen LogP contribution in [-0.2, 0) is 0 Å². The van der Waals surface area contributed by atoms with Gasteiger partial charge >= 0.3 is 0 Å². The second-order valence-corrected chi connectivity index (χ2v) is 4.77. The first-order valence-electron chi connectivity index (χ1n) is 7.21. The van der Waals surface area contributed by atoms with Crippen molar-refractivity contribution in [2.45, 2.75) is 20.3 Å². The first-order valence-corrected chi connectivity index (χ1v) is 7.21. The molecule has 20 heavy (non-hydrogen) atoms. The molecule has 0 saturated carbocycles. The Morgan fingerprint density at radius 1 is 1.20 bits per heavy atom. The zero-order valence-electron chi connectivity index (χ0n) is 12.2. The molecule has 0 fully saturated rings. The highest BCUT2D eigenvalue weighted by Crippen LogP contribution is 2.21. The maximum absolute atomic E-state index is 11.6. The lowest BCUT2D eigenvalue weighted by Gasteiger charge is -2.17. The SMILES string of the molecule is CCN(CC)CCCOc1cc(=O)[nH]c2ccccc12. The van der Waals surface area contributed by atoms with Crippen LogP contribution in [0.5, 0.6) is 5.75 Å². The van der Waals surface area contributed by atoms with Gasteiger partial charge in [0.2, 0.25) is 0 Å². The number of fused-ring (bicyclic) bond motifs is 1. The monoisotopic (exact) mass is 274 g/mol. The summed E-state index contributed by atoms with van der Waals surface area (Å²) < 4.78 is 5.79. The van der Waals surface area contributed by atoms with Crippen molar-refractivity contribution in [3.8, 4) is 5.75 Å². The summed E-state index contributed by atoms with van der Waals surface area (Å²) in [5.74, 6) is 0.670. The topological polar surface area (TPSA) is 45.3 Å². The lowest BCUT2D eigenvalue weighted by Crippen LogP contribution is -2.25. The van der Waals surface area contributed by atoms with Crippen LogP contribution in [0.3, 0.4) is 0 Å². The molecule has 0 aliphatic heterocycles. The van der Waals surface area contributed by atoms with Crippen LogP contribution in [0.1, 0.15) is 20.3 Å². The molecule has 4 nitrogen and oxygen atoms in total. The molecule has 4 heteroatoms. The second kappa shape index (κ2) is 7.10. The maximum Gasteiger partial charge on any atom is 0.252 e. The van der Waals surface area contributed by atoms with Crippen molar-refractivity contribution in [1.82, 2.24) is 9.88 Å². The number of rotatable bonds is 7. The molecule has 2 rings (SSSR count). The van der Waals surface area contributed by atoms with Gasteiger partial charge in [-0.1, -0.05) is 26.0 Å². The number of H-pyrrole nitrogens is 1. The fraction of sp³-hybridized carbons (Fsp3) is 0.438. The average Bonchev–Trinajstić information content (AvgIpc) is 2.47. The minimum absolute atomic E-state index is 0.123. The smallest absolute Gasteiger partial charge is 0.252 e. The van der Waals surface area contributed by atoms with E-state index in [1.807, 2.05) is 24.3 Å². The molecule has 0 spiro atoms. The van der Waals surface area contributed by atoms with E-state index in [0.29, 0.717) is 12.4 Å². The number of ether oxygens (including phenoxy) is 1. The van der Waals surface area contributed by atoms with Gasteiger partial charge in [0.15, 0.2) is 0 Å². The van der Waals surface area contributed by atoms with Crippen molar-refractivity contribution in [2.75, 3.05) is 26.2 Å². The Hall–Kier alpha value is -1.81. The van der Waals surface area contributed by atoms with Gasteiger partial charge in [0.1, 0.15) is 5.75 Å². The third-order valence-corrected chi connectivity index (χ3v) is 3.48. The molecule has 0 aliphatic rings. The van der Waals surface area contributed by atoms with Gasteiger partial charge in [-0.05, 0) is 31.6 Å². The zero-order chi connectivity index (χ0) is 14.4. The Balaban J connectivity index is 2.01. The molecule has 0 atom stereocenters. The van der Waals surface area contributed by atoms with Crippen molar-refractivity contribution >= 4 is 10.9 Å². The maximum atomic E-state index is 11.6. The number of pyridine rings is 1. The lowest BCUT2D eigenvalue weighted by atomic mass is 10.2. The molecule has 1 aromatic carbocycles. The van der Waals surface area contributed by atoms with Gasteiger partial charge in [0, 0.05) is 18.0 Å². The minimum atomic E-state index is -0.123. The van der Waals surface area contributed by atoms with E-state index in [0.717, 1.165) is 37.0 Å². The van der Waals surface area contributed by atoms with Crippen LogP contribution >= 0.6 is 0 Å². The summed E-state index contributed by atoms with van der Waals surface area (Å²) in [4.78, 5) is 16.8. The Morgan fingerprint density at radius 3 is 2.70 bits per heavy atom. The molecule has 1 N–H and O–H groups in total. The van der Waals surface area contributed by atoms with E-state index >= 15 is 0 Å². The van der Waals surface area contributed by atoms with E-state index < -0.39 is 0 Å². The summed E-state index contributed by atoms with van der Waals surface area (Å²) in [6, 6.07) is 9.23. The van der Waals surface area contributed by atoms with Crippen LogP contribution in [0.4, 0.5) is 0 Å². The van der Waals surface area contributed by atoms with Crippen molar-refractivity contribution in [3.63, 3.8) is 0 Å². The number of nitrogens with zero attached hydrogens (tertiary/aromatic N) is 1. The van der Waals surface area contributed by atoms with Crippen LogP contribution < -0.4 is 10.3 Å². The van der Waals surface area contributed by atoms with Gasteiger partial charge in [-0.3, -0.25) is 4.79 Å². The molecular weight excluding hydrogens is 252 g/mol. The van der Waals surface area contributed by atoms with Crippen molar-refractivity contribution in [3.05, 3.63) is 40.7 Å². The summed E-state index contributed by atoms with van der Waals surface area (Å²) in [6.07, 6.45) is 0.961. The standard InChI is InChI=1S/C16H22N2O2/c1-3-18(4-2)10-7-11-20-15-12-16(19)17-14-9-6-5-8-13(14)15/h5-6,8-9,12H,3-4,7,10-11H2,1-2H3,(H,17,19). The highest BCUT2D eigenvalue weighted by Gasteiger charge is 2.04. The van der Waals surface area contributed by atoms with Gasteiger partial charge in [-0.25, -0.2) is 0 Å². The number of aromatic nitrogens is 1.